The van der Waals surface area contributed by atoms with Gasteiger partial charge in [0.1, 0.15) is 5.58 Å². The summed E-state index contributed by atoms with van der Waals surface area (Å²) in [5.41, 5.74) is 1.62. The van der Waals surface area contributed by atoms with Crippen molar-refractivity contribution in [3.05, 3.63) is 56.4 Å². The van der Waals surface area contributed by atoms with Crippen molar-refractivity contribution in [3.63, 3.8) is 0 Å². The van der Waals surface area contributed by atoms with E-state index < -0.39 is 0 Å². The fourth-order valence-electron chi connectivity index (χ4n) is 2.28. The second-order valence-corrected chi connectivity index (χ2v) is 6.89. The molecule has 2 aromatic heterocycles. The van der Waals surface area contributed by atoms with Crippen LogP contribution < -0.4 is 0 Å². The number of fused-ring (bicyclic) bond motifs is 1. The van der Waals surface area contributed by atoms with Gasteiger partial charge in [-0.2, -0.15) is 0 Å². The Morgan fingerprint density at radius 1 is 1.38 bits per heavy atom. The number of carbonyl (C=O) groups excluding carboxylic acids is 1. The summed E-state index contributed by atoms with van der Waals surface area (Å²) < 4.78 is 6.72. The minimum Gasteiger partial charge on any atom is -0.451 e. The van der Waals surface area contributed by atoms with Crippen LogP contribution in [0.1, 0.15) is 21.0 Å². The summed E-state index contributed by atoms with van der Waals surface area (Å²) in [4.78, 5) is 15.4. The van der Waals surface area contributed by atoms with Crippen molar-refractivity contribution in [2.45, 2.75) is 13.5 Å². The Morgan fingerprint density at radius 3 is 2.90 bits per heavy atom. The molecule has 1 aromatic carbocycles. The molecule has 0 saturated heterocycles. The molecule has 3 rings (SSSR count). The van der Waals surface area contributed by atoms with E-state index in [4.69, 9.17) is 4.42 Å². The van der Waals surface area contributed by atoms with E-state index in [1.54, 1.807) is 23.3 Å². The van der Waals surface area contributed by atoms with Crippen molar-refractivity contribution in [2.24, 2.45) is 0 Å². The molecule has 0 atom stereocenters. The molecule has 0 fully saturated rings. The van der Waals surface area contributed by atoms with Crippen molar-refractivity contribution in [1.82, 2.24) is 4.90 Å². The highest BCUT2D eigenvalue weighted by molar-refractivity contribution is 9.10. The number of amides is 1. The van der Waals surface area contributed by atoms with Crippen LogP contribution in [0, 0.1) is 6.92 Å². The van der Waals surface area contributed by atoms with Gasteiger partial charge in [-0.15, -0.1) is 11.3 Å². The van der Waals surface area contributed by atoms with E-state index in [0.29, 0.717) is 12.3 Å². The Kier molecular flexibility index (Phi) is 3.87. The molecule has 3 nitrogen and oxygen atoms in total. The van der Waals surface area contributed by atoms with Crippen molar-refractivity contribution in [1.29, 1.82) is 0 Å². The third-order valence-corrected chi connectivity index (χ3v) is 4.77. The van der Waals surface area contributed by atoms with E-state index in [9.17, 15) is 4.79 Å². The first-order valence-corrected chi connectivity index (χ1v) is 8.20. The number of hydrogen-bond donors (Lipinski definition) is 0. The number of hydrogen-bond acceptors (Lipinski definition) is 3. The zero-order chi connectivity index (χ0) is 15.0. The van der Waals surface area contributed by atoms with Crippen LogP contribution in [-0.2, 0) is 6.54 Å². The first-order valence-electron chi connectivity index (χ1n) is 6.53. The minimum absolute atomic E-state index is 0.0896. The lowest BCUT2D eigenvalue weighted by Gasteiger charge is -2.14. The SMILES string of the molecule is Cc1c(C(=O)N(C)Cc2cccs2)oc2ccc(Br)cc12. The van der Waals surface area contributed by atoms with Gasteiger partial charge in [0.05, 0.1) is 6.54 Å². The van der Waals surface area contributed by atoms with Gasteiger partial charge < -0.3 is 9.32 Å². The normalized spacial score (nSPS) is 11.0. The molecule has 0 aliphatic heterocycles. The molecule has 0 aliphatic rings. The molecule has 0 N–H and O–H groups in total. The van der Waals surface area contributed by atoms with Crippen LogP contribution in [0.15, 0.2) is 44.6 Å². The number of aryl methyl sites for hydroxylation is 1. The minimum atomic E-state index is -0.0896. The van der Waals surface area contributed by atoms with Gasteiger partial charge in [0.25, 0.3) is 5.91 Å². The number of halogens is 1. The van der Waals surface area contributed by atoms with Crippen molar-refractivity contribution >= 4 is 44.1 Å². The maximum absolute atomic E-state index is 12.6. The number of nitrogens with zero attached hydrogens (tertiary/aromatic N) is 1. The Morgan fingerprint density at radius 2 is 2.19 bits per heavy atom. The van der Waals surface area contributed by atoms with Gasteiger partial charge in [-0.1, -0.05) is 22.0 Å². The fourth-order valence-corrected chi connectivity index (χ4v) is 3.40. The zero-order valence-electron chi connectivity index (χ0n) is 11.7. The Labute approximate surface area is 135 Å². The van der Waals surface area contributed by atoms with Crippen molar-refractivity contribution in [2.75, 3.05) is 7.05 Å². The number of thiophene rings is 1. The maximum atomic E-state index is 12.6. The standard InChI is InChI=1S/C16H14BrNO2S/c1-10-13-8-11(17)5-6-14(13)20-15(10)16(19)18(2)9-12-4-3-7-21-12/h3-8H,9H2,1-2H3. The second-order valence-electron chi connectivity index (χ2n) is 4.94. The Balaban J connectivity index is 1.92. The molecule has 0 bridgehead atoms. The predicted octanol–water partition coefficient (Wildman–Crippen LogP) is 4.84. The Hall–Kier alpha value is -1.59. The summed E-state index contributed by atoms with van der Waals surface area (Å²) in [6, 6.07) is 9.78. The molecule has 0 aliphatic carbocycles. The van der Waals surface area contributed by atoms with Crippen LogP contribution in [0.5, 0.6) is 0 Å². The average Bonchev–Trinajstić information content (AvgIpc) is 3.07. The van der Waals surface area contributed by atoms with Crippen LogP contribution in [-0.4, -0.2) is 17.9 Å². The average molecular weight is 364 g/mol. The lowest BCUT2D eigenvalue weighted by atomic mass is 10.1. The largest absolute Gasteiger partial charge is 0.451 e. The van der Waals surface area contributed by atoms with E-state index in [1.807, 2.05) is 42.6 Å². The molecule has 2 heterocycles. The molecule has 0 radical (unpaired) electrons. The lowest BCUT2D eigenvalue weighted by molar-refractivity contribution is 0.0756. The molecule has 3 aromatic rings. The molecular formula is C16H14BrNO2S. The molecule has 108 valence electrons. The topological polar surface area (TPSA) is 33.5 Å². The van der Waals surface area contributed by atoms with E-state index >= 15 is 0 Å². The zero-order valence-corrected chi connectivity index (χ0v) is 14.1. The van der Waals surface area contributed by atoms with Gasteiger partial charge >= 0.3 is 0 Å². The number of furan rings is 1. The van der Waals surface area contributed by atoms with Gasteiger partial charge in [-0.3, -0.25) is 4.79 Å². The summed E-state index contributed by atoms with van der Waals surface area (Å²) in [7, 11) is 1.80. The van der Waals surface area contributed by atoms with Gasteiger partial charge in [-0.05, 0) is 36.6 Å². The van der Waals surface area contributed by atoms with E-state index in [-0.39, 0.29) is 5.91 Å². The van der Waals surface area contributed by atoms with Crippen LogP contribution >= 0.6 is 27.3 Å². The van der Waals surface area contributed by atoms with Crippen molar-refractivity contribution < 1.29 is 9.21 Å². The van der Waals surface area contributed by atoms with Gasteiger partial charge in [-0.25, -0.2) is 0 Å². The van der Waals surface area contributed by atoms with Gasteiger partial charge in [0.2, 0.25) is 0 Å². The smallest absolute Gasteiger partial charge is 0.289 e. The first-order chi connectivity index (χ1) is 10.1. The van der Waals surface area contributed by atoms with Crippen LogP contribution in [0.4, 0.5) is 0 Å². The quantitative estimate of drug-likeness (QED) is 0.667. The molecule has 0 saturated carbocycles. The summed E-state index contributed by atoms with van der Waals surface area (Å²) in [6.07, 6.45) is 0. The van der Waals surface area contributed by atoms with Gasteiger partial charge in [0, 0.05) is 27.3 Å². The van der Waals surface area contributed by atoms with Gasteiger partial charge in [0.15, 0.2) is 5.76 Å². The van der Waals surface area contributed by atoms with E-state index in [0.717, 1.165) is 25.9 Å². The molecule has 0 unspecified atom stereocenters. The summed E-state index contributed by atoms with van der Waals surface area (Å²) in [5, 5.41) is 2.98. The first kappa shape index (κ1) is 14.4. The predicted molar refractivity (Wildman–Crippen MR) is 88.8 cm³/mol. The monoisotopic (exact) mass is 363 g/mol. The molecule has 5 heteroatoms. The third kappa shape index (κ3) is 2.76. The fraction of sp³-hybridized carbons (Fsp3) is 0.188. The number of rotatable bonds is 3. The molecular weight excluding hydrogens is 350 g/mol. The van der Waals surface area contributed by atoms with Crippen LogP contribution in [0.25, 0.3) is 11.0 Å². The highest BCUT2D eigenvalue weighted by Gasteiger charge is 2.21. The van der Waals surface area contributed by atoms with Crippen molar-refractivity contribution in [3.8, 4) is 0 Å². The van der Waals surface area contributed by atoms with E-state index in [2.05, 4.69) is 15.9 Å². The Bertz CT molecular complexity index is 792. The lowest BCUT2D eigenvalue weighted by Crippen LogP contribution is -2.25. The maximum Gasteiger partial charge on any atom is 0.289 e. The highest BCUT2D eigenvalue weighted by Crippen LogP contribution is 2.29. The summed E-state index contributed by atoms with van der Waals surface area (Å²) >= 11 is 5.09. The number of benzene rings is 1. The second kappa shape index (κ2) is 5.66. The molecule has 0 spiro atoms. The summed E-state index contributed by atoms with van der Waals surface area (Å²) in [6.45, 7) is 2.52. The number of carbonyl (C=O) groups is 1. The third-order valence-electron chi connectivity index (χ3n) is 3.41. The van der Waals surface area contributed by atoms with Crippen LogP contribution in [0.2, 0.25) is 0 Å². The summed E-state index contributed by atoms with van der Waals surface area (Å²) in [5.74, 6) is 0.329. The highest BCUT2D eigenvalue weighted by atomic mass is 79.9. The van der Waals surface area contributed by atoms with Crippen LogP contribution in [0.3, 0.4) is 0 Å². The molecule has 21 heavy (non-hydrogen) atoms. The molecule has 1 amide bonds. The van der Waals surface area contributed by atoms with E-state index in [1.165, 1.54) is 0 Å².